The van der Waals surface area contributed by atoms with Crippen molar-refractivity contribution in [3.05, 3.63) is 102 Å². The Hall–Kier alpha value is -3.59. The Morgan fingerprint density at radius 3 is 2.58 bits per heavy atom. The summed E-state index contributed by atoms with van der Waals surface area (Å²) in [4.78, 5) is 27.2. The smallest absolute Gasteiger partial charge is 0.363 e. The van der Waals surface area contributed by atoms with Crippen LogP contribution in [0.4, 0.5) is 5.69 Å². The third kappa shape index (κ3) is 5.79. The third-order valence-corrected chi connectivity index (χ3v) is 5.75. The fourth-order valence-corrected chi connectivity index (χ4v) is 4.01. The minimum Gasteiger partial charge on any atom is -0.490 e. The van der Waals surface area contributed by atoms with Crippen LogP contribution in [0.5, 0.6) is 11.5 Å². The van der Waals surface area contributed by atoms with E-state index in [1.807, 2.05) is 19.1 Å². The topological polar surface area (TPSA) is 100 Å². The van der Waals surface area contributed by atoms with Crippen LogP contribution in [0.1, 0.15) is 23.6 Å². The molecule has 0 saturated heterocycles. The van der Waals surface area contributed by atoms with Crippen LogP contribution in [0, 0.1) is 10.1 Å². The van der Waals surface area contributed by atoms with E-state index in [-0.39, 0.29) is 39.5 Å². The predicted octanol–water partition coefficient (Wildman–Crippen LogP) is 6.88. The van der Waals surface area contributed by atoms with Crippen molar-refractivity contribution in [2.75, 3.05) is 6.61 Å². The average Bonchev–Trinajstić information content (AvgIpc) is 3.19. The lowest BCUT2D eigenvalue weighted by Gasteiger charge is -2.14. The summed E-state index contributed by atoms with van der Waals surface area (Å²) in [5, 5.41) is 12.0. The number of carbonyl (C=O) groups is 1. The molecule has 0 spiro atoms. The van der Waals surface area contributed by atoms with Gasteiger partial charge in [0.15, 0.2) is 17.2 Å². The number of esters is 1. The minimum atomic E-state index is -0.724. The minimum absolute atomic E-state index is 0.0197. The van der Waals surface area contributed by atoms with Gasteiger partial charge in [-0.3, -0.25) is 10.1 Å². The maximum absolute atomic E-state index is 12.4. The number of benzene rings is 3. The maximum Gasteiger partial charge on any atom is 0.363 e. The number of rotatable bonds is 8. The van der Waals surface area contributed by atoms with Gasteiger partial charge in [0.1, 0.15) is 11.6 Å². The van der Waals surface area contributed by atoms with E-state index in [1.165, 1.54) is 24.3 Å². The van der Waals surface area contributed by atoms with Crippen LogP contribution in [0.25, 0.3) is 6.08 Å². The highest BCUT2D eigenvalue weighted by Crippen LogP contribution is 2.38. The van der Waals surface area contributed by atoms with Gasteiger partial charge in [0.2, 0.25) is 5.90 Å². The number of cyclic esters (lactones) is 1. The van der Waals surface area contributed by atoms with E-state index in [4.69, 9.17) is 49.0 Å². The van der Waals surface area contributed by atoms with E-state index in [2.05, 4.69) is 4.99 Å². The van der Waals surface area contributed by atoms with Crippen molar-refractivity contribution in [3.63, 3.8) is 0 Å². The molecule has 36 heavy (non-hydrogen) atoms. The van der Waals surface area contributed by atoms with Gasteiger partial charge < -0.3 is 14.2 Å². The van der Waals surface area contributed by atoms with E-state index in [1.54, 1.807) is 24.3 Å². The second kappa shape index (κ2) is 11.0. The van der Waals surface area contributed by atoms with E-state index >= 15 is 0 Å². The monoisotopic (exact) mass is 546 g/mol. The predicted molar refractivity (Wildman–Crippen MR) is 137 cm³/mol. The zero-order valence-electron chi connectivity index (χ0n) is 18.7. The van der Waals surface area contributed by atoms with E-state index in [0.717, 1.165) is 5.56 Å². The van der Waals surface area contributed by atoms with Gasteiger partial charge in [-0.1, -0.05) is 46.9 Å². The Morgan fingerprint density at radius 2 is 1.86 bits per heavy atom. The highest BCUT2D eigenvalue weighted by molar-refractivity contribution is 6.33. The van der Waals surface area contributed by atoms with Gasteiger partial charge in [-0.05, 0) is 60.5 Å². The van der Waals surface area contributed by atoms with Crippen molar-refractivity contribution >= 4 is 58.4 Å². The molecule has 0 aliphatic carbocycles. The molecule has 0 aromatic heterocycles. The molecule has 0 saturated carbocycles. The summed E-state index contributed by atoms with van der Waals surface area (Å²) in [6.45, 7) is 2.38. The van der Waals surface area contributed by atoms with Crippen LogP contribution in [0.2, 0.25) is 15.1 Å². The molecule has 8 nitrogen and oxygen atoms in total. The zero-order chi connectivity index (χ0) is 25.8. The van der Waals surface area contributed by atoms with E-state index in [9.17, 15) is 14.9 Å². The molecule has 1 heterocycles. The first-order chi connectivity index (χ1) is 17.2. The Balaban J connectivity index is 1.63. The largest absolute Gasteiger partial charge is 0.490 e. The molecule has 4 rings (SSSR count). The summed E-state index contributed by atoms with van der Waals surface area (Å²) in [6, 6.07) is 14.5. The zero-order valence-corrected chi connectivity index (χ0v) is 20.9. The molecule has 0 N–H and O–H groups in total. The molecule has 0 unspecified atom stereocenters. The van der Waals surface area contributed by atoms with Crippen LogP contribution in [0.3, 0.4) is 0 Å². The lowest BCUT2D eigenvalue weighted by molar-refractivity contribution is -0.384. The van der Waals surface area contributed by atoms with Gasteiger partial charge in [-0.25, -0.2) is 9.79 Å². The normalized spacial score (nSPS) is 13.9. The van der Waals surface area contributed by atoms with Crippen LogP contribution >= 0.6 is 34.8 Å². The third-order valence-electron chi connectivity index (χ3n) is 4.92. The number of aliphatic imine (C=N–C) groups is 1. The molecule has 11 heteroatoms. The number of hydrogen-bond acceptors (Lipinski definition) is 7. The lowest BCUT2D eigenvalue weighted by Crippen LogP contribution is -2.06. The van der Waals surface area contributed by atoms with Crippen LogP contribution in [0.15, 0.2) is 65.3 Å². The van der Waals surface area contributed by atoms with Crippen molar-refractivity contribution < 1.29 is 23.9 Å². The Bertz CT molecular complexity index is 1420. The molecule has 0 fully saturated rings. The van der Waals surface area contributed by atoms with Crippen molar-refractivity contribution in [2.45, 2.75) is 13.5 Å². The standard InChI is InChI=1S/C25H17Cl3N2O6/c1-2-34-22-11-15(9-19(28)23(22)35-13-14-4-3-5-17(26)8-14)10-20-25(31)36-24(29-20)16-6-7-18(27)21(12-16)30(32)33/h3-12H,2,13H2,1H3/b20-10-. The van der Waals surface area contributed by atoms with Crippen molar-refractivity contribution in [3.8, 4) is 11.5 Å². The summed E-state index contributed by atoms with van der Waals surface area (Å²) >= 11 is 18.4. The van der Waals surface area contributed by atoms with Gasteiger partial charge in [-0.15, -0.1) is 0 Å². The quantitative estimate of drug-likeness (QED) is 0.132. The fraction of sp³-hybridized carbons (Fsp3) is 0.120. The van der Waals surface area contributed by atoms with Crippen LogP contribution < -0.4 is 9.47 Å². The van der Waals surface area contributed by atoms with Gasteiger partial charge in [-0.2, -0.15) is 0 Å². The first kappa shape index (κ1) is 25.5. The summed E-state index contributed by atoms with van der Waals surface area (Å²) < 4.78 is 16.8. The number of nitro benzene ring substituents is 1. The average molecular weight is 548 g/mol. The van der Waals surface area contributed by atoms with Crippen molar-refractivity contribution in [2.24, 2.45) is 4.99 Å². The first-order valence-corrected chi connectivity index (χ1v) is 11.7. The van der Waals surface area contributed by atoms with Gasteiger partial charge in [0.25, 0.3) is 5.69 Å². The van der Waals surface area contributed by atoms with Gasteiger partial charge in [0.05, 0.1) is 16.6 Å². The fourth-order valence-electron chi connectivity index (χ4n) is 3.33. The highest BCUT2D eigenvalue weighted by Gasteiger charge is 2.26. The number of nitro groups is 1. The molecule has 0 amide bonds. The molecular formula is C25H17Cl3N2O6. The lowest BCUT2D eigenvalue weighted by atomic mass is 10.1. The van der Waals surface area contributed by atoms with Crippen LogP contribution in [-0.4, -0.2) is 23.4 Å². The summed E-state index contributed by atoms with van der Waals surface area (Å²) in [7, 11) is 0. The number of nitrogens with zero attached hydrogens (tertiary/aromatic N) is 2. The highest BCUT2D eigenvalue weighted by atomic mass is 35.5. The summed E-state index contributed by atoms with van der Waals surface area (Å²) in [6.07, 6.45) is 1.47. The number of ether oxygens (including phenoxy) is 3. The number of halogens is 3. The summed E-state index contributed by atoms with van der Waals surface area (Å²) in [5.74, 6) is -0.0864. The summed E-state index contributed by atoms with van der Waals surface area (Å²) in [5.41, 5.74) is 1.25. The SMILES string of the molecule is CCOc1cc(/C=C2\N=C(c3ccc(Cl)c([N+](=O)[O-])c3)OC2=O)cc(Cl)c1OCc1cccc(Cl)c1. The Labute approximate surface area is 220 Å². The van der Waals surface area contributed by atoms with Gasteiger partial charge >= 0.3 is 5.97 Å². The number of hydrogen-bond donors (Lipinski definition) is 0. The van der Waals surface area contributed by atoms with Crippen LogP contribution in [-0.2, 0) is 16.1 Å². The molecule has 1 aliphatic heterocycles. The van der Waals surface area contributed by atoms with Gasteiger partial charge in [0, 0.05) is 16.7 Å². The molecule has 184 valence electrons. The second-order valence-corrected chi connectivity index (χ2v) is 8.69. The van der Waals surface area contributed by atoms with Crippen molar-refractivity contribution in [1.82, 2.24) is 0 Å². The van der Waals surface area contributed by atoms with E-state index < -0.39 is 10.9 Å². The number of carbonyl (C=O) groups excluding carboxylic acids is 1. The van der Waals surface area contributed by atoms with E-state index in [0.29, 0.717) is 28.7 Å². The molecule has 0 atom stereocenters. The molecule has 0 radical (unpaired) electrons. The molecule has 1 aliphatic rings. The Kier molecular flexibility index (Phi) is 7.79. The Morgan fingerprint density at radius 1 is 1.06 bits per heavy atom. The first-order valence-electron chi connectivity index (χ1n) is 10.6. The molecular weight excluding hydrogens is 531 g/mol. The second-order valence-electron chi connectivity index (χ2n) is 7.44. The molecule has 3 aromatic carbocycles. The molecule has 3 aromatic rings. The maximum atomic E-state index is 12.4. The van der Waals surface area contributed by atoms with Crippen molar-refractivity contribution in [1.29, 1.82) is 0 Å². The molecule has 0 bridgehead atoms.